The number of anilines is 1. The van der Waals surface area contributed by atoms with Gasteiger partial charge in [0, 0.05) is 15.5 Å². The lowest BCUT2D eigenvalue weighted by atomic mass is 9.93. The average Bonchev–Trinajstić information content (AvgIpc) is 2.49. The minimum Gasteiger partial charge on any atom is -0.324 e. The Balaban J connectivity index is 2.40. The van der Waals surface area contributed by atoms with E-state index in [0.29, 0.717) is 12.8 Å². The molecule has 0 unspecified atom stereocenters. The molecule has 0 bridgehead atoms. The number of benzene rings is 2. The topological polar surface area (TPSA) is 55.1 Å². The summed E-state index contributed by atoms with van der Waals surface area (Å²) in [7, 11) is 0. The number of carbonyl (C=O) groups excluding carboxylic acids is 1. The summed E-state index contributed by atoms with van der Waals surface area (Å²) >= 11 is 3.53. The fraction of sp³-hybridized carbons (Fsp3) is 0.312. The van der Waals surface area contributed by atoms with Crippen LogP contribution in [0.5, 0.6) is 0 Å². The lowest BCUT2D eigenvalue weighted by Crippen LogP contribution is -2.50. The zero-order valence-corrected chi connectivity index (χ0v) is 13.3. The number of nitrogens with two attached hydrogens (primary N) is 1. The molecule has 2 aromatic rings. The SMILES string of the molecule is CCC(N)(CC)C(=O)Nc1ccc(Br)c2ccccc12. The molecule has 4 heteroatoms. The number of carbonyl (C=O) groups is 1. The normalized spacial score (nSPS) is 11.6. The molecule has 2 aromatic carbocycles. The summed E-state index contributed by atoms with van der Waals surface area (Å²) < 4.78 is 1.01. The van der Waals surface area contributed by atoms with Gasteiger partial charge >= 0.3 is 0 Å². The Morgan fingerprint density at radius 2 is 1.75 bits per heavy atom. The Bertz CT molecular complexity index is 635. The van der Waals surface area contributed by atoms with Crippen LogP contribution in [0.4, 0.5) is 5.69 Å². The molecule has 20 heavy (non-hydrogen) atoms. The van der Waals surface area contributed by atoms with Gasteiger partial charge in [0.05, 0.1) is 5.54 Å². The first-order chi connectivity index (χ1) is 9.51. The predicted octanol–water partition coefficient (Wildman–Crippen LogP) is 4.06. The molecule has 3 nitrogen and oxygen atoms in total. The van der Waals surface area contributed by atoms with E-state index in [1.165, 1.54) is 0 Å². The molecule has 3 N–H and O–H groups in total. The van der Waals surface area contributed by atoms with Gasteiger partial charge in [-0.1, -0.05) is 54.0 Å². The Kier molecular flexibility index (Phi) is 4.45. The van der Waals surface area contributed by atoms with Crippen molar-refractivity contribution in [1.82, 2.24) is 0 Å². The first-order valence-electron chi connectivity index (χ1n) is 6.79. The van der Waals surface area contributed by atoms with Gasteiger partial charge in [0.2, 0.25) is 5.91 Å². The second-order valence-electron chi connectivity index (χ2n) is 4.96. The summed E-state index contributed by atoms with van der Waals surface area (Å²) in [6.45, 7) is 3.87. The van der Waals surface area contributed by atoms with Gasteiger partial charge in [-0.15, -0.1) is 0 Å². The third kappa shape index (κ3) is 2.72. The summed E-state index contributed by atoms with van der Waals surface area (Å²) in [4.78, 5) is 12.4. The van der Waals surface area contributed by atoms with E-state index in [9.17, 15) is 4.79 Å². The van der Waals surface area contributed by atoms with Crippen molar-refractivity contribution >= 4 is 38.3 Å². The molecule has 0 radical (unpaired) electrons. The molecule has 0 saturated carbocycles. The van der Waals surface area contributed by atoms with Crippen molar-refractivity contribution in [1.29, 1.82) is 0 Å². The number of fused-ring (bicyclic) bond motifs is 1. The molecular weight excluding hydrogens is 316 g/mol. The summed E-state index contributed by atoms with van der Waals surface area (Å²) in [5, 5.41) is 5.04. The van der Waals surface area contributed by atoms with Crippen LogP contribution >= 0.6 is 15.9 Å². The van der Waals surface area contributed by atoms with Gasteiger partial charge in [-0.3, -0.25) is 4.79 Å². The second-order valence-corrected chi connectivity index (χ2v) is 5.81. The highest BCUT2D eigenvalue weighted by molar-refractivity contribution is 9.10. The Morgan fingerprint density at radius 1 is 1.15 bits per heavy atom. The molecule has 0 heterocycles. The van der Waals surface area contributed by atoms with E-state index in [1.807, 2.05) is 50.2 Å². The number of hydrogen-bond donors (Lipinski definition) is 2. The molecule has 106 valence electrons. The van der Waals surface area contributed by atoms with Crippen molar-refractivity contribution in [2.75, 3.05) is 5.32 Å². The minimum absolute atomic E-state index is 0.130. The van der Waals surface area contributed by atoms with Crippen LogP contribution in [0.15, 0.2) is 40.9 Å². The van der Waals surface area contributed by atoms with Gasteiger partial charge in [0.25, 0.3) is 0 Å². The van der Waals surface area contributed by atoms with E-state index in [4.69, 9.17) is 5.73 Å². The van der Waals surface area contributed by atoms with E-state index in [0.717, 1.165) is 20.9 Å². The Labute approximate surface area is 127 Å². The van der Waals surface area contributed by atoms with Gasteiger partial charge in [-0.05, 0) is 30.4 Å². The Hall–Kier alpha value is -1.39. The molecule has 0 aliphatic carbocycles. The maximum absolute atomic E-state index is 12.4. The van der Waals surface area contributed by atoms with Crippen LogP contribution in [0.25, 0.3) is 10.8 Å². The van der Waals surface area contributed by atoms with Crippen LogP contribution in [0.1, 0.15) is 26.7 Å². The first kappa shape index (κ1) is 15.0. The lowest BCUT2D eigenvalue weighted by molar-refractivity contribution is -0.121. The summed E-state index contributed by atoms with van der Waals surface area (Å²) in [6.07, 6.45) is 1.23. The number of hydrogen-bond acceptors (Lipinski definition) is 2. The maximum atomic E-state index is 12.4. The van der Waals surface area contributed by atoms with Crippen LogP contribution in [0.3, 0.4) is 0 Å². The van der Waals surface area contributed by atoms with E-state index >= 15 is 0 Å². The largest absolute Gasteiger partial charge is 0.324 e. The zero-order chi connectivity index (χ0) is 14.8. The minimum atomic E-state index is -0.811. The quantitative estimate of drug-likeness (QED) is 0.885. The maximum Gasteiger partial charge on any atom is 0.244 e. The van der Waals surface area contributed by atoms with E-state index in [-0.39, 0.29) is 5.91 Å². The number of nitrogens with one attached hydrogen (secondary N) is 1. The van der Waals surface area contributed by atoms with E-state index in [2.05, 4.69) is 21.2 Å². The zero-order valence-electron chi connectivity index (χ0n) is 11.7. The standard InChI is InChI=1S/C16H19BrN2O/c1-3-16(18,4-2)15(20)19-14-10-9-13(17)11-7-5-6-8-12(11)14/h5-10H,3-4,18H2,1-2H3,(H,19,20). The van der Waals surface area contributed by atoms with E-state index < -0.39 is 5.54 Å². The van der Waals surface area contributed by atoms with Gasteiger partial charge in [-0.2, -0.15) is 0 Å². The summed E-state index contributed by atoms with van der Waals surface area (Å²) in [6, 6.07) is 11.8. The average molecular weight is 335 g/mol. The van der Waals surface area contributed by atoms with Gasteiger partial charge in [-0.25, -0.2) is 0 Å². The third-order valence-corrected chi connectivity index (χ3v) is 4.52. The van der Waals surface area contributed by atoms with Crippen molar-refractivity contribution in [3.63, 3.8) is 0 Å². The number of halogens is 1. The van der Waals surface area contributed by atoms with Crippen molar-refractivity contribution in [2.45, 2.75) is 32.2 Å². The summed E-state index contributed by atoms with van der Waals surface area (Å²) in [5.41, 5.74) is 6.13. The molecule has 0 spiro atoms. The number of rotatable bonds is 4. The second kappa shape index (κ2) is 5.94. The van der Waals surface area contributed by atoms with Crippen LogP contribution in [-0.4, -0.2) is 11.4 Å². The molecule has 0 aliphatic rings. The monoisotopic (exact) mass is 334 g/mol. The van der Waals surface area contributed by atoms with Gasteiger partial charge in [0.15, 0.2) is 0 Å². The van der Waals surface area contributed by atoms with E-state index in [1.54, 1.807) is 0 Å². The van der Waals surface area contributed by atoms with Crippen LogP contribution in [0.2, 0.25) is 0 Å². The highest BCUT2D eigenvalue weighted by Crippen LogP contribution is 2.30. The molecule has 0 saturated heterocycles. The van der Waals surface area contributed by atoms with Crippen molar-refractivity contribution in [3.05, 3.63) is 40.9 Å². The van der Waals surface area contributed by atoms with Crippen LogP contribution in [-0.2, 0) is 4.79 Å². The van der Waals surface area contributed by atoms with Crippen molar-refractivity contribution < 1.29 is 4.79 Å². The fourth-order valence-electron chi connectivity index (χ4n) is 2.19. The smallest absolute Gasteiger partial charge is 0.244 e. The van der Waals surface area contributed by atoms with Gasteiger partial charge < -0.3 is 11.1 Å². The van der Waals surface area contributed by atoms with Gasteiger partial charge in [0.1, 0.15) is 0 Å². The first-order valence-corrected chi connectivity index (χ1v) is 7.58. The summed E-state index contributed by atoms with van der Waals surface area (Å²) in [5.74, 6) is -0.130. The highest BCUT2D eigenvalue weighted by atomic mass is 79.9. The molecular formula is C16H19BrN2O. The highest BCUT2D eigenvalue weighted by Gasteiger charge is 2.30. The molecule has 1 amide bonds. The van der Waals surface area contributed by atoms with Crippen LogP contribution < -0.4 is 11.1 Å². The molecule has 0 aliphatic heterocycles. The lowest BCUT2D eigenvalue weighted by Gasteiger charge is -2.25. The molecule has 0 aromatic heterocycles. The number of amides is 1. The third-order valence-electron chi connectivity index (χ3n) is 3.83. The molecule has 2 rings (SSSR count). The molecule has 0 atom stereocenters. The Morgan fingerprint density at radius 3 is 2.35 bits per heavy atom. The predicted molar refractivity (Wildman–Crippen MR) is 87.8 cm³/mol. The fourth-order valence-corrected chi connectivity index (χ4v) is 2.67. The molecule has 0 fully saturated rings. The van der Waals surface area contributed by atoms with Crippen molar-refractivity contribution in [3.8, 4) is 0 Å². The van der Waals surface area contributed by atoms with Crippen LogP contribution in [0, 0.1) is 0 Å². The van der Waals surface area contributed by atoms with Crippen molar-refractivity contribution in [2.24, 2.45) is 5.73 Å².